The Bertz CT molecular complexity index is 1300. The minimum Gasteiger partial charge on any atom is -0.618 e. The molecule has 0 N–H and O–H groups in total. The highest BCUT2D eigenvalue weighted by molar-refractivity contribution is 5.85. The lowest BCUT2D eigenvalue weighted by Gasteiger charge is -2.09. The molecule has 0 bridgehead atoms. The third kappa shape index (κ3) is 2.01. The SMILES string of the molecule is Cc1c2c(-c3nc(C4(C)CC4)no3)ncn2c2ccc(F)c(C#N)c2[n+]1[O-]. The molecule has 0 atom stereocenters. The van der Waals surface area contributed by atoms with Crippen LogP contribution in [0, 0.1) is 29.3 Å². The summed E-state index contributed by atoms with van der Waals surface area (Å²) in [4.78, 5) is 8.81. The van der Waals surface area contributed by atoms with E-state index in [0.717, 1.165) is 18.9 Å². The Balaban J connectivity index is 1.82. The van der Waals surface area contributed by atoms with Gasteiger partial charge < -0.3 is 9.73 Å². The van der Waals surface area contributed by atoms with Gasteiger partial charge in [0.2, 0.25) is 5.69 Å². The van der Waals surface area contributed by atoms with Crippen LogP contribution in [0.15, 0.2) is 23.0 Å². The number of halogens is 1. The third-order valence-corrected chi connectivity index (χ3v) is 5.26. The van der Waals surface area contributed by atoms with Gasteiger partial charge in [-0.2, -0.15) is 15.0 Å². The highest BCUT2D eigenvalue weighted by atomic mass is 19.1. The summed E-state index contributed by atoms with van der Waals surface area (Å²) in [6.45, 7) is 3.65. The average molecular weight is 364 g/mol. The predicted octanol–water partition coefficient (Wildman–Crippen LogP) is 2.54. The van der Waals surface area contributed by atoms with Crippen molar-refractivity contribution in [3.63, 3.8) is 0 Å². The highest BCUT2D eigenvalue weighted by Gasteiger charge is 2.44. The van der Waals surface area contributed by atoms with Crippen LogP contribution in [-0.2, 0) is 5.41 Å². The number of benzene rings is 1. The second-order valence-electron chi connectivity index (χ2n) is 7.08. The first-order valence-electron chi connectivity index (χ1n) is 8.40. The van der Waals surface area contributed by atoms with E-state index in [2.05, 4.69) is 22.0 Å². The quantitative estimate of drug-likeness (QED) is 0.400. The Hall–Kier alpha value is -3.54. The zero-order valence-corrected chi connectivity index (χ0v) is 14.5. The molecule has 0 aliphatic heterocycles. The number of hydrogen-bond donors (Lipinski definition) is 0. The highest BCUT2D eigenvalue weighted by Crippen LogP contribution is 2.46. The fourth-order valence-corrected chi connectivity index (χ4v) is 3.33. The summed E-state index contributed by atoms with van der Waals surface area (Å²) in [7, 11) is 0. The normalized spacial score (nSPS) is 15.3. The summed E-state index contributed by atoms with van der Waals surface area (Å²) in [5, 5.41) is 26.1. The van der Waals surface area contributed by atoms with Crippen molar-refractivity contribution in [3.05, 3.63) is 46.6 Å². The van der Waals surface area contributed by atoms with E-state index in [1.54, 1.807) is 17.4 Å². The van der Waals surface area contributed by atoms with Gasteiger partial charge >= 0.3 is 0 Å². The van der Waals surface area contributed by atoms with Crippen molar-refractivity contribution in [2.45, 2.75) is 32.1 Å². The Kier molecular flexibility index (Phi) is 2.91. The molecule has 9 heteroatoms. The van der Waals surface area contributed by atoms with Crippen molar-refractivity contribution < 1.29 is 13.6 Å². The number of nitrogens with zero attached hydrogens (tertiary/aromatic N) is 6. The van der Waals surface area contributed by atoms with Gasteiger partial charge in [0.25, 0.3) is 11.4 Å². The molecule has 27 heavy (non-hydrogen) atoms. The number of fused-ring (bicyclic) bond motifs is 3. The Morgan fingerprint density at radius 2 is 2.19 bits per heavy atom. The molecule has 1 saturated carbocycles. The number of rotatable bonds is 2. The number of imidazole rings is 1. The number of aromatic nitrogens is 5. The van der Waals surface area contributed by atoms with Crippen LogP contribution in [0.1, 0.15) is 36.8 Å². The van der Waals surface area contributed by atoms with Crippen LogP contribution in [0.5, 0.6) is 0 Å². The Morgan fingerprint density at radius 1 is 1.41 bits per heavy atom. The first-order chi connectivity index (χ1) is 12.9. The van der Waals surface area contributed by atoms with E-state index < -0.39 is 5.82 Å². The largest absolute Gasteiger partial charge is 0.618 e. The van der Waals surface area contributed by atoms with Crippen molar-refractivity contribution in [2.75, 3.05) is 0 Å². The lowest BCUT2D eigenvalue weighted by molar-refractivity contribution is -0.583. The molecule has 0 amide bonds. The minimum absolute atomic E-state index is 0.0387. The molecule has 1 fully saturated rings. The van der Waals surface area contributed by atoms with Gasteiger partial charge in [-0.05, 0) is 25.0 Å². The summed E-state index contributed by atoms with van der Waals surface area (Å²) in [5.74, 6) is 0.111. The van der Waals surface area contributed by atoms with Crippen molar-refractivity contribution >= 4 is 16.6 Å². The van der Waals surface area contributed by atoms with Crippen LogP contribution in [-0.4, -0.2) is 19.5 Å². The topological polar surface area (TPSA) is 107 Å². The summed E-state index contributed by atoms with van der Waals surface area (Å²) < 4.78 is 21.6. The van der Waals surface area contributed by atoms with Gasteiger partial charge in [-0.15, -0.1) is 0 Å². The van der Waals surface area contributed by atoms with Gasteiger partial charge in [-0.25, -0.2) is 9.37 Å². The third-order valence-electron chi connectivity index (χ3n) is 5.26. The maximum absolute atomic E-state index is 14.0. The van der Waals surface area contributed by atoms with Gasteiger partial charge in [0.1, 0.15) is 29.2 Å². The summed E-state index contributed by atoms with van der Waals surface area (Å²) >= 11 is 0. The zero-order chi connectivity index (χ0) is 18.9. The monoisotopic (exact) mass is 364 g/mol. The molecule has 0 radical (unpaired) electrons. The van der Waals surface area contributed by atoms with Crippen LogP contribution in [0.25, 0.3) is 28.1 Å². The van der Waals surface area contributed by atoms with Crippen LogP contribution in [0.4, 0.5) is 4.39 Å². The van der Waals surface area contributed by atoms with Gasteiger partial charge in [-0.1, -0.05) is 12.1 Å². The van der Waals surface area contributed by atoms with Crippen LogP contribution < -0.4 is 4.73 Å². The molecule has 1 aromatic carbocycles. The molecule has 134 valence electrons. The molecule has 0 saturated heterocycles. The van der Waals surface area contributed by atoms with Crippen LogP contribution in [0.2, 0.25) is 0 Å². The number of nitriles is 1. The fraction of sp³-hybridized carbons (Fsp3) is 0.278. The lowest BCUT2D eigenvalue weighted by Crippen LogP contribution is -2.33. The smallest absolute Gasteiger partial charge is 0.279 e. The van der Waals surface area contributed by atoms with Gasteiger partial charge in [0.15, 0.2) is 17.1 Å². The van der Waals surface area contributed by atoms with E-state index in [1.807, 2.05) is 0 Å². The van der Waals surface area contributed by atoms with Crippen LogP contribution in [0.3, 0.4) is 0 Å². The van der Waals surface area contributed by atoms with E-state index in [-0.39, 0.29) is 28.1 Å². The summed E-state index contributed by atoms with van der Waals surface area (Å²) in [5.41, 5.74) is 1.09. The molecule has 8 nitrogen and oxygen atoms in total. The van der Waals surface area contributed by atoms with E-state index in [9.17, 15) is 14.9 Å². The van der Waals surface area contributed by atoms with Gasteiger partial charge in [0, 0.05) is 12.3 Å². The van der Waals surface area contributed by atoms with E-state index in [1.165, 1.54) is 12.4 Å². The standard InChI is InChI=1S/C18H13FN6O2/c1-9-14-13(16-22-17(23-27-16)18(2)5-6-18)21-8-24(14)12-4-3-11(19)10(7-20)15(12)25(9)26/h3-4,8H,5-6H2,1-2H3. The summed E-state index contributed by atoms with van der Waals surface area (Å²) in [6.07, 6.45) is 3.51. The minimum atomic E-state index is -0.743. The maximum Gasteiger partial charge on any atom is 0.279 e. The molecule has 0 unspecified atom stereocenters. The van der Waals surface area contributed by atoms with E-state index in [0.29, 0.717) is 27.3 Å². The Morgan fingerprint density at radius 3 is 2.89 bits per heavy atom. The molecular formula is C18H13FN6O2. The molecule has 1 aliphatic rings. The molecule has 5 rings (SSSR count). The summed E-state index contributed by atoms with van der Waals surface area (Å²) in [6, 6.07) is 4.37. The van der Waals surface area contributed by atoms with Crippen molar-refractivity contribution in [1.82, 2.24) is 19.5 Å². The molecule has 1 aliphatic carbocycles. The molecular weight excluding hydrogens is 351 g/mol. The first-order valence-corrected chi connectivity index (χ1v) is 8.40. The van der Waals surface area contributed by atoms with Crippen LogP contribution >= 0.6 is 0 Å². The van der Waals surface area contributed by atoms with Crippen molar-refractivity contribution in [2.24, 2.45) is 0 Å². The predicted molar refractivity (Wildman–Crippen MR) is 90.9 cm³/mol. The first kappa shape index (κ1) is 15.7. The molecule has 3 heterocycles. The number of hydrogen-bond acceptors (Lipinski definition) is 6. The number of aryl methyl sites for hydroxylation is 1. The van der Waals surface area contributed by atoms with Gasteiger partial charge in [0.05, 0.1) is 0 Å². The zero-order valence-electron chi connectivity index (χ0n) is 14.5. The second-order valence-corrected chi connectivity index (χ2v) is 7.08. The molecule has 4 aromatic rings. The van der Waals surface area contributed by atoms with E-state index >= 15 is 0 Å². The maximum atomic E-state index is 14.0. The van der Waals surface area contributed by atoms with Crippen molar-refractivity contribution in [3.8, 4) is 17.7 Å². The fourth-order valence-electron chi connectivity index (χ4n) is 3.33. The Labute approximate surface area is 152 Å². The van der Waals surface area contributed by atoms with Crippen molar-refractivity contribution in [1.29, 1.82) is 5.26 Å². The molecule has 0 spiro atoms. The van der Waals surface area contributed by atoms with Gasteiger partial charge in [-0.3, -0.25) is 4.40 Å². The molecule has 3 aromatic heterocycles. The average Bonchev–Trinajstić information content (AvgIpc) is 3.09. The second kappa shape index (κ2) is 5.01. The lowest BCUT2D eigenvalue weighted by atomic mass is 10.1. The van der Waals surface area contributed by atoms with E-state index in [4.69, 9.17) is 4.52 Å².